The number of methoxy groups -OCH3 is 1. The quantitative estimate of drug-likeness (QED) is 0.772. The highest BCUT2D eigenvalue weighted by atomic mass is 35.5. The van der Waals surface area contributed by atoms with Crippen LogP contribution in [-0.2, 0) is 19.6 Å². The molecule has 0 bridgehead atoms. The average Bonchev–Trinajstić information content (AvgIpc) is 2.15. The Labute approximate surface area is 96.9 Å². The fourth-order valence-corrected chi connectivity index (χ4v) is 1.87. The molecule has 1 rings (SSSR count). The van der Waals surface area contributed by atoms with E-state index in [4.69, 9.17) is 11.6 Å². The van der Waals surface area contributed by atoms with Crippen molar-refractivity contribution in [3.05, 3.63) is 17.5 Å². The number of ether oxygens (including phenoxy) is 1. The summed E-state index contributed by atoms with van der Waals surface area (Å²) in [6, 6.07) is 0. The lowest BCUT2D eigenvalue weighted by Gasteiger charge is -2.05. The van der Waals surface area contributed by atoms with Gasteiger partial charge in [0.15, 0.2) is 11.6 Å². The summed E-state index contributed by atoms with van der Waals surface area (Å²) in [7, 11) is -2.75. The van der Waals surface area contributed by atoms with Gasteiger partial charge in [-0.25, -0.2) is 13.4 Å². The normalized spacial score (nSPS) is 10.9. The summed E-state index contributed by atoms with van der Waals surface area (Å²) in [5, 5.41) is 0.0401. The van der Waals surface area contributed by atoms with Crippen molar-refractivity contribution in [1.29, 1.82) is 0 Å². The fourth-order valence-electron chi connectivity index (χ4n) is 0.801. The van der Waals surface area contributed by atoms with E-state index in [1.807, 2.05) is 4.72 Å². The smallest absolute Gasteiger partial charge is 0.322 e. The zero-order chi connectivity index (χ0) is 12.2. The minimum absolute atomic E-state index is 0.0401. The number of sulfonamides is 1. The Morgan fingerprint density at radius 3 is 2.81 bits per heavy atom. The molecule has 16 heavy (non-hydrogen) atoms. The number of anilines is 1. The van der Waals surface area contributed by atoms with Gasteiger partial charge in [0.25, 0.3) is 0 Å². The molecule has 0 saturated carbocycles. The molecule has 0 fully saturated rings. The molecule has 0 unspecified atom stereocenters. The molecule has 0 radical (unpaired) electrons. The Morgan fingerprint density at radius 1 is 1.56 bits per heavy atom. The number of hydrogen-bond donors (Lipinski definition) is 1. The van der Waals surface area contributed by atoms with Crippen molar-refractivity contribution in [2.45, 2.75) is 0 Å². The van der Waals surface area contributed by atoms with Gasteiger partial charge in [0.2, 0.25) is 10.0 Å². The van der Waals surface area contributed by atoms with Crippen molar-refractivity contribution in [2.24, 2.45) is 0 Å². The van der Waals surface area contributed by atoms with Crippen LogP contribution < -0.4 is 4.72 Å². The summed E-state index contributed by atoms with van der Waals surface area (Å²) in [4.78, 5) is 18.1. The molecule has 0 amide bonds. The van der Waals surface area contributed by atoms with E-state index in [0.717, 1.165) is 7.11 Å². The molecule has 0 aromatic carbocycles. The third kappa shape index (κ3) is 3.99. The molecule has 1 N–H and O–H groups in total. The summed E-state index contributed by atoms with van der Waals surface area (Å²) >= 11 is 5.51. The van der Waals surface area contributed by atoms with Crippen molar-refractivity contribution >= 4 is 33.4 Å². The highest BCUT2D eigenvalue weighted by Crippen LogP contribution is 2.08. The number of aromatic nitrogens is 2. The molecule has 9 heteroatoms. The number of halogens is 1. The Balaban J connectivity index is 2.77. The van der Waals surface area contributed by atoms with E-state index in [0.29, 0.717) is 0 Å². The number of rotatable bonds is 4. The highest BCUT2D eigenvalue weighted by molar-refractivity contribution is 7.93. The first-order valence-corrected chi connectivity index (χ1v) is 6.01. The average molecular weight is 266 g/mol. The monoisotopic (exact) mass is 265 g/mol. The zero-order valence-electron chi connectivity index (χ0n) is 8.18. The van der Waals surface area contributed by atoms with Crippen molar-refractivity contribution in [3.63, 3.8) is 0 Å². The highest BCUT2D eigenvalue weighted by Gasteiger charge is 2.17. The summed E-state index contributed by atoms with van der Waals surface area (Å²) < 4.78 is 29.0. The van der Waals surface area contributed by atoms with Crippen molar-refractivity contribution in [1.82, 2.24) is 9.97 Å². The summed E-state index contributed by atoms with van der Waals surface area (Å²) in [6.45, 7) is 0. The summed E-state index contributed by atoms with van der Waals surface area (Å²) in [6.07, 6.45) is 2.42. The van der Waals surface area contributed by atoms with E-state index in [1.54, 1.807) is 0 Å². The second kappa shape index (κ2) is 5.08. The molecular formula is C7H8ClN3O4S. The lowest BCUT2D eigenvalue weighted by atomic mass is 10.7. The molecule has 1 heterocycles. The maximum Gasteiger partial charge on any atom is 0.322 e. The molecule has 0 aliphatic heterocycles. The Kier molecular flexibility index (Phi) is 4.02. The van der Waals surface area contributed by atoms with Gasteiger partial charge in [-0.15, -0.1) is 0 Å². The molecule has 88 valence electrons. The minimum atomic E-state index is -3.85. The SMILES string of the molecule is COC(=O)CS(=O)(=O)Nc1cncc(Cl)n1. The Morgan fingerprint density at radius 2 is 2.25 bits per heavy atom. The van der Waals surface area contributed by atoms with Crippen LogP contribution in [0.15, 0.2) is 12.4 Å². The number of hydrogen-bond acceptors (Lipinski definition) is 6. The van der Waals surface area contributed by atoms with Crippen LogP contribution in [0, 0.1) is 0 Å². The second-order valence-corrected chi connectivity index (χ2v) is 4.77. The molecule has 7 nitrogen and oxygen atoms in total. The van der Waals surface area contributed by atoms with Crippen LogP contribution in [0.1, 0.15) is 0 Å². The van der Waals surface area contributed by atoms with Gasteiger partial charge >= 0.3 is 5.97 Å². The summed E-state index contributed by atoms with van der Waals surface area (Å²) in [5.41, 5.74) is 0. The van der Waals surface area contributed by atoms with Crippen LogP contribution in [0.25, 0.3) is 0 Å². The molecule has 1 aromatic rings. The van der Waals surface area contributed by atoms with Gasteiger partial charge < -0.3 is 4.74 Å². The van der Waals surface area contributed by atoms with Gasteiger partial charge in [0.1, 0.15) is 5.15 Å². The number of carbonyl (C=O) groups excluding carboxylic acids is 1. The van der Waals surface area contributed by atoms with Gasteiger partial charge in [-0.1, -0.05) is 11.6 Å². The number of nitrogens with one attached hydrogen (secondary N) is 1. The fraction of sp³-hybridized carbons (Fsp3) is 0.286. The van der Waals surface area contributed by atoms with Crippen LogP contribution >= 0.6 is 11.6 Å². The van der Waals surface area contributed by atoms with Crippen LogP contribution in [0.5, 0.6) is 0 Å². The number of nitrogens with zero attached hydrogens (tertiary/aromatic N) is 2. The zero-order valence-corrected chi connectivity index (χ0v) is 9.75. The van der Waals surface area contributed by atoms with E-state index in [1.165, 1.54) is 12.4 Å². The largest absolute Gasteiger partial charge is 0.468 e. The van der Waals surface area contributed by atoms with E-state index in [9.17, 15) is 13.2 Å². The van der Waals surface area contributed by atoms with Crippen molar-refractivity contribution in [2.75, 3.05) is 17.6 Å². The van der Waals surface area contributed by atoms with Crippen LogP contribution in [0.3, 0.4) is 0 Å². The first-order chi connectivity index (χ1) is 7.43. The molecule has 0 atom stereocenters. The van der Waals surface area contributed by atoms with Gasteiger partial charge in [0, 0.05) is 0 Å². The van der Waals surface area contributed by atoms with E-state index in [2.05, 4.69) is 14.7 Å². The molecule has 0 spiro atoms. The van der Waals surface area contributed by atoms with E-state index >= 15 is 0 Å². The van der Waals surface area contributed by atoms with E-state index in [-0.39, 0.29) is 11.0 Å². The first-order valence-electron chi connectivity index (χ1n) is 3.98. The minimum Gasteiger partial charge on any atom is -0.468 e. The second-order valence-electron chi connectivity index (χ2n) is 2.66. The number of esters is 1. The maximum absolute atomic E-state index is 11.4. The molecule has 0 aliphatic carbocycles. The third-order valence-corrected chi connectivity index (χ3v) is 2.72. The molecule has 1 aromatic heterocycles. The van der Waals surface area contributed by atoms with Gasteiger partial charge in [-0.2, -0.15) is 0 Å². The van der Waals surface area contributed by atoms with Crippen LogP contribution in [0.4, 0.5) is 5.82 Å². The standard InChI is InChI=1S/C7H8ClN3O4S/c1-15-7(12)4-16(13,14)11-6-3-9-2-5(8)10-6/h2-3H,4H2,1H3,(H,10,11). The van der Waals surface area contributed by atoms with Gasteiger partial charge in [-0.05, 0) is 0 Å². The lowest BCUT2D eigenvalue weighted by Crippen LogP contribution is -2.24. The number of carbonyl (C=O) groups is 1. The van der Waals surface area contributed by atoms with Crippen LogP contribution in [-0.4, -0.2) is 37.2 Å². The lowest BCUT2D eigenvalue weighted by molar-refractivity contribution is -0.137. The third-order valence-electron chi connectivity index (χ3n) is 1.40. The maximum atomic E-state index is 11.4. The first kappa shape index (κ1) is 12.7. The summed E-state index contributed by atoms with van der Waals surface area (Å²) in [5.74, 6) is -1.73. The van der Waals surface area contributed by atoms with Gasteiger partial charge in [0.05, 0.1) is 19.5 Å². The van der Waals surface area contributed by atoms with Gasteiger partial charge in [-0.3, -0.25) is 14.5 Å². The van der Waals surface area contributed by atoms with Crippen molar-refractivity contribution < 1.29 is 17.9 Å². The molecule has 0 saturated heterocycles. The predicted molar refractivity (Wildman–Crippen MR) is 56.5 cm³/mol. The Bertz CT molecular complexity index is 490. The van der Waals surface area contributed by atoms with Crippen molar-refractivity contribution in [3.8, 4) is 0 Å². The predicted octanol–water partition coefficient (Wildman–Crippen LogP) is 0.0447. The molecule has 0 aliphatic rings. The van der Waals surface area contributed by atoms with Crippen LogP contribution in [0.2, 0.25) is 5.15 Å². The Hall–Kier alpha value is -1.41. The topological polar surface area (TPSA) is 98.2 Å². The van der Waals surface area contributed by atoms with E-state index < -0.39 is 21.7 Å². The molecular weight excluding hydrogens is 258 g/mol.